The standard InChI is InChI=1S/C26H35Cl/c1-2-3-4-5-6-7-10-21-13-15-22(16-14-21)23-17-19-24(20-18-23)25-11-8-9-12-26(25)27/h8-9,11-12,17-22H,2-7,10,13-16H2,1H3. The lowest BCUT2D eigenvalue weighted by molar-refractivity contribution is 0.302. The second-order valence-corrected chi connectivity index (χ2v) is 8.78. The molecule has 0 nitrogen and oxygen atoms in total. The van der Waals surface area contributed by atoms with Gasteiger partial charge in [-0.15, -0.1) is 0 Å². The zero-order chi connectivity index (χ0) is 18.9. The highest BCUT2D eigenvalue weighted by Crippen LogP contribution is 2.38. The van der Waals surface area contributed by atoms with Gasteiger partial charge in [0, 0.05) is 10.6 Å². The average molecular weight is 383 g/mol. The largest absolute Gasteiger partial charge is 0.0837 e. The summed E-state index contributed by atoms with van der Waals surface area (Å²) in [6.45, 7) is 2.29. The molecule has 0 saturated heterocycles. The monoisotopic (exact) mass is 382 g/mol. The Balaban J connectivity index is 1.44. The molecule has 0 aromatic heterocycles. The Morgan fingerprint density at radius 1 is 0.778 bits per heavy atom. The summed E-state index contributed by atoms with van der Waals surface area (Å²) in [4.78, 5) is 0. The SMILES string of the molecule is CCCCCCCCC1CCC(c2ccc(-c3ccccc3Cl)cc2)CC1. The fraction of sp³-hybridized carbons (Fsp3) is 0.538. The van der Waals surface area contributed by atoms with Gasteiger partial charge in [-0.05, 0) is 54.7 Å². The summed E-state index contributed by atoms with van der Waals surface area (Å²) in [6, 6.07) is 17.3. The van der Waals surface area contributed by atoms with E-state index in [1.54, 1.807) is 0 Å². The van der Waals surface area contributed by atoms with E-state index in [1.807, 2.05) is 12.1 Å². The maximum atomic E-state index is 6.34. The molecule has 0 amide bonds. The zero-order valence-electron chi connectivity index (χ0n) is 16.9. The van der Waals surface area contributed by atoms with Crippen LogP contribution < -0.4 is 0 Å². The average Bonchev–Trinajstić information content (AvgIpc) is 2.72. The third-order valence-corrected chi connectivity index (χ3v) is 6.71. The second-order valence-electron chi connectivity index (χ2n) is 8.38. The van der Waals surface area contributed by atoms with Crippen LogP contribution in [0.5, 0.6) is 0 Å². The van der Waals surface area contributed by atoms with E-state index in [2.05, 4.69) is 43.3 Å². The van der Waals surface area contributed by atoms with E-state index in [9.17, 15) is 0 Å². The molecule has 0 aliphatic heterocycles. The third kappa shape index (κ3) is 6.11. The number of unbranched alkanes of at least 4 members (excludes halogenated alkanes) is 5. The summed E-state index contributed by atoms with van der Waals surface area (Å²) < 4.78 is 0. The molecule has 1 aliphatic rings. The molecule has 2 aromatic carbocycles. The Labute approximate surface area is 171 Å². The van der Waals surface area contributed by atoms with Crippen LogP contribution in [0.2, 0.25) is 5.02 Å². The van der Waals surface area contributed by atoms with Crippen molar-refractivity contribution in [3.05, 3.63) is 59.1 Å². The highest BCUT2D eigenvalue weighted by molar-refractivity contribution is 6.33. The number of rotatable bonds is 9. The lowest BCUT2D eigenvalue weighted by Crippen LogP contribution is -2.13. The summed E-state index contributed by atoms with van der Waals surface area (Å²) in [7, 11) is 0. The van der Waals surface area contributed by atoms with Crippen molar-refractivity contribution >= 4 is 11.6 Å². The van der Waals surface area contributed by atoms with E-state index < -0.39 is 0 Å². The van der Waals surface area contributed by atoms with Crippen molar-refractivity contribution in [2.45, 2.75) is 83.5 Å². The van der Waals surface area contributed by atoms with Crippen LogP contribution in [0, 0.1) is 5.92 Å². The summed E-state index contributed by atoms with van der Waals surface area (Å²) in [5.74, 6) is 1.74. The van der Waals surface area contributed by atoms with Crippen LogP contribution >= 0.6 is 11.6 Å². The Hall–Kier alpha value is -1.27. The Morgan fingerprint density at radius 3 is 2.15 bits per heavy atom. The first-order chi connectivity index (χ1) is 13.3. The molecule has 1 fully saturated rings. The molecule has 0 bridgehead atoms. The summed E-state index contributed by atoms with van der Waals surface area (Å²) in [5.41, 5.74) is 3.87. The van der Waals surface area contributed by atoms with Crippen molar-refractivity contribution in [1.29, 1.82) is 0 Å². The Morgan fingerprint density at radius 2 is 1.44 bits per heavy atom. The zero-order valence-corrected chi connectivity index (χ0v) is 17.7. The molecule has 0 unspecified atom stereocenters. The first kappa shape index (κ1) is 20.5. The molecule has 1 aliphatic carbocycles. The Bertz CT molecular complexity index is 665. The van der Waals surface area contributed by atoms with E-state index in [0.717, 1.165) is 22.4 Å². The molecule has 3 rings (SSSR count). The topological polar surface area (TPSA) is 0 Å². The fourth-order valence-corrected chi connectivity index (χ4v) is 4.87. The molecular weight excluding hydrogens is 348 g/mol. The van der Waals surface area contributed by atoms with Crippen LogP contribution in [0.25, 0.3) is 11.1 Å². The maximum Gasteiger partial charge on any atom is 0.0484 e. The van der Waals surface area contributed by atoms with Gasteiger partial charge in [0.1, 0.15) is 0 Å². The van der Waals surface area contributed by atoms with Gasteiger partial charge < -0.3 is 0 Å². The minimum absolute atomic E-state index is 0.756. The van der Waals surface area contributed by atoms with Crippen molar-refractivity contribution in [2.24, 2.45) is 5.92 Å². The van der Waals surface area contributed by atoms with E-state index in [0.29, 0.717) is 0 Å². The lowest BCUT2D eigenvalue weighted by atomic mass is 9.77. The van der Waals surface area contributed by atoms with Gasteiger partial charge in [-0.2, -0.15) is 0 Å². The lowest BCUT2D eigenvalue weighted by Gasteiger charge is -2.29. The first-order valence-corrected chi connectivity index (χ1v) is 11.5. The number of hydrogen-bond acceptors (Lipinski definition) is 0. The van der Waals surface area contributed by atoms with Gasteiger partial charge in [-0.1, -0.05) is 106 Å². The number of benzene rings is 2. The van der Waals surface area contributed by atoms with Crippen LogP contribution in [0.4, 0.5) is 0 Å². The van der Waals surface area contributed by atoms with Crippen LogP contribution in [0.3, 0.4) is 0 Å². The summed E-state index contributed by atoms with van der Waals surface area (Å²) >= 11 is 6.34. The molecule has 0 spiro atoms. The van der Waals surface area contributed by atoms with Gasteiger partial charge in [-0.25, -0.2) is 0 Å². The second kappa shape index (κ2) is 10.9. The molecule has 0 radical (unpaired) electrons. The van der Waals surface area contributed by atoms with Gasteiger partial charge in [0.2, 0.25) is 0 Å². The summed E-state index contributed by atoms with van der Waals surface area (Å²) in [5, 5.41) is 0.834. The van der Waals surface area contributed by atoms with Gasteiger partial charge in [0.05, 0.1) is 0 Å². The van der Waals surface area contributed by atoms with Crippen LogP contribution in [0.1, 0.15) is 89.0 Å². The van der Waals surface area contributed by atoms with Crippen molar-refractivity contribution in [3.63, 3.8) is 0 Å². The normalized spacial score (nSPS) is 19.9. The van der Waals surface area contributed by atoms with Crippen molar-refractivity contribution in [3.8, 4) is 11.1 Å². The van der Waals surface area contributed by atoms with E-state index >= 15 is 0 Å². The maximum absolute atomic E-state index is 6.34. The molecule has 0 heterocycles. The van der Waals surface area contributed by atoms with Crippen LogP contribution in [-0.4, -0.2) is 0 Å². The van der Waals surface area contributed by atoms with E-state index in [1.165, 1.54) is 81.8 Å². The fourth-order valence-electron chi connectivity index (χ4n) is 4.63. The molecular formula is C26H35Cl. The van der Waals surface area contributed by atoms with Gasteiger partial charge in [0.25, 0.3) is 0 Å². The van der Waals surface area contributed by atoms with Crippen molar-refractivity contribution < 1.29 is 0 Å². The number of halogens is 1. The van der Waals surface area contributed by atoms with Gasteiger partial charge in [0.15, 0.2) is 0 Å². The molecule has 1 heteroatoms. The molecule has 0 N–H and O–H groups in total. The van der Waals surface area contributed by atoms with E-state index in [4.69, 9.17) is 11.6 Å². The summed E-state index contributed by atoms with van der Waals surface area (Å²) in [6.07, 6.45) is 15.6. The third-order valence-electron chi connectivity index (χ3n) is 6.38. The molecule has 0 atom stereocenters. The van der Waals surface area contributed by atoms with E-state index in [-0.39, 0.29) is 0 Å². The predicted molar refractivity (Wildman–Crippen MR) is 120 cm³/mol. The molecule has 1 saturated carbocycles. The number of hydrogen-bond donors (Lipinski definition) is 0. The van der Waals surface area contributed by atoms with Crippen LogP contribution in [0.15, 0.2) is 48.5 Å². The Kier molecular flexibility index (Phi) is 8.27. The molecule has 2 aromatic rings. The minimum Gasteiger partial charge on any atom is -0.0837 e. The quantitative estimate of drug-likeness (QED) is 0.379. The minimum atomic E-state index is 0.756. The first-order valence-electron chi connectivity index (χ1n) is 11.1. The molecule has 146 valence electrons. The highest BCUT2D eigenvalue weighted by Gasteiger charge is 2.22. The van der Waals surface area contributed by atoms with Gasteiger partial charge >= 0.3 is 0 Å². The highest BCUT2D eigenvalue weighted by atomic mass is 35.5. The molecule has 27 heavy (non-hydrogen) atoms. The smallest absolute Gasteiger partial charge is 0.0484 e. The van der Waals surface area contributed by atoms with Crippen molar-refractivity contribution in [1.82, 2.24) is 0 Å². The predicted octanol–water partition coefficient (Wildman–Crippen LogP) is 9.03. The van der Waals surface area contributed by atoms with Crippen molar-refractivity contribution in [2.75, 3.05) is 0 Å². The van der Waals surface area contributed by atoms with Gasteiger partial charge in [-0.3, -0.25) is 0 Å². The van der Waals surface area contributed by atoms with Crippen LogP contribution in [-0.2, 0) is 0 Å².